The van der Waals surface area contributed by atoms with Gasteiger partial charge >= 0.3 is 5.97 Å². The molecule has 31 heavy (non-hydrogen) atoms. The zero-order valence-electron chi connectivity index (χ0n) is 17.3. The Labute approximate surface area is 189 Å². The van der Waals surface area contributed by atoms with Crippen molar-refractivity contribution in [2.75, 3.05) is 19.0 Å². The molecule has 0 aliphatic rings. The van der Waals surface area contributed by atoms with Gasteiger partial charge in [-0.3, -0.25) is 0 Å². The Hall–Kier alpha value is -3.06. The van der Waals surface area contributed by atoms with Crippen LogP contribution in [0.2, 0.25) is 0 Å². The highest BCUT2D eigenvalue weighted by molar-refractivity contribution is 9.10. The molecule has 1 N–H and O–H groups in total. The van der Waals surface area contributed by atoms with Gasteiger partial charge in [0.15, 0.2) is 11.5 Å². The molecule has 0 fully saturated rings. The van der Waals surface area contributed by atoms with Gasteiger partial charge in [0.2, 0.25) is 0 Å². The van der Waals surface area contributed by atoms with Gasteiger partial charge in [-0.1, -0.05) is 18.2 Å². The van der Waals surface area contributed by atoms with E-state index in [1.165, 1.54) is 6.07 Å². The summed E-state index contributed by atoms with van der Waals surface area (Å²) >= 11 is 3.52. The number of esters is 1. The lowest BCUT2D eigenvalue weighted by Crippen LogP contribution is -2.05. The summed E-state index contributed by atoms with van der Waals surface area (Å²) in [6, 6.07) is 17.4. The molecule has 3 aromatic rings. The predicted octanol–water partition coefficient (Wildman–Crippen LogP) is 5.96. The Morgan fingerprint density at radius 3 is 2.52 bits per heavy atom. The second-order valence-electron chi connectivity index (χ2n) is 6.64. The van der Waals surface area contributed by atoms with Gasteiger partial charge in [-0.05, 0) is 70.9 Å². The van der Waals surface area contributed by atoms with Crippen molar-refractivity contribution in [3.63, 3.8) is 0 Å². The molecule has 162 valence electrons. The lowest BCUT2D eigenvalue weighted by Gasteiger charge is -2.15. The Kier molecular flexibility index (Phi) is 7.89. The number of carbonyl (C=O) groups excluding carboxylic acids is 1. The van der Waals surface area contributed by atoms with Gasteiger partial charge in [0.05, 0.1) is 23.8 Å². The number of benzene rings is 3. The summed E-state index contributed by atoms with van der Waals surface area (Å²) in [5.74, 6) is 0.398. The standard InChI is InChI=1S/C24H23BrFNO4/c1-3-30-24(28)17-8-10-19(11-9-17)27-14-16-12-20(25)23(22(13-16)29-2)31-15-18-6-4-5-7-21(18)26/h4-13,27H,3,14-15H2,1-2H3. The average molecular weight is 488 g/mol. The van der Waals surface area contributed by atoms with E-state index >= 15 is 0 Å². The first-order valence-electron chi connectivity index (χ1n) is 9.75. The minimum absolute atomic E-state index is 0.0893. The third-order valence-corrected chi connectivity index (χ3v) is 5.10. The maximum Gasteiger partial charge on any atom is 0.338 e. The molecular formula is C24H23BrFNO4. The van der Waals surface area contributed by atoms with Crippen molar-refractivity contribution in [1.82, 2.24) is 0 Å². The number of methoxy groups -OCH3 is 1. The average Bonchev–Trinajstić information content (AvgIpc) is 2.78. The molecule has 3 rings (SSSR count). The minimum atomic E-state index is -0.339. The highest BCUT2D eigenvalue weighted by Gasteiger charge is 2.13. The first-order chi connectivity index (χ1) is 15.0. The smallest absolute Gasteiger partial charge is 0.338 e. The summed E-state index contributed by atoms with van der Waals surface area (Å²) in [5, 5.41) is 3.30. The van der Waals surface area contributed by atoms with Crippen LogP contribution in [0.4, 0.5) is 10.1 Å². The van der Waals surface area contributed by atoms with Gasteiger partial charge < -0.3 is 19.5 Å². The molecule has 0 aromatic heterocycles. The Balaban J connectivity index is 1.67. The molecule has 3 aromatic carbocycles. The van der Waals surface area contributed by atoms with Crippen molar-refractivity contribution in [2.24, 2.45) is 0 Å². The number of halogens is 2. The van der Waals surface area contributed by atoms with E-state index < -0.39 is 0 Å². The highest BCUT2D eigenvalue weighted by atomic mass is 79.9. The maximum absolute atomic E-state index is 13.9. The summed E-state index contributed by atoms with van der Waals surface area (Å²) in [4.78, 5) is 11.7. The molecule has 0 saturated carbocycles. The van der Waals surface area contributed by atoms with E-state index in [1.54, 1.807) is 44.4 Å². The fourth-order valence-electron chi connectivity index (χ4n) is 2.92. The lowest BCUT2D eigenvalue weighted by atomic mass is 10.1. The Morgan fingerprint density at radius 2 is 1.84 bits per heavy atom. The second kappa shape index (κ2) is 10.8. The Morgan fingerprint density at radius 1 is 1.10 bits per heavy atom. The maximum atomic E-state index is 13.9. The number of rotatable bonds is 9. The van der Waals surface area contributed by atoms with Crippen LogP contribution in [-0.4, -0.2) is 19.7 Å². The van der Waals surface area contributed by atoms with Gasteiger partial charge in [0.25, 0.3) is 0 Å². The first kappa shape index (κ1) is 22.6. The second-order valence-corrected chi connectivity index (χ2v) is 7.49. The van der Waals surface area contributed by atoms with Crippen LogP contribution in [0, 0.1) is 5.82 Å². The van der Waals surface area contributed by atoms with Gasteiger partial charge in [-0.15, -0.1) is 0 Å². The quantitative estimate of drug-likeness (QED) is 0.377. The van der Waals surface area contributed by atoms with Crippen LogP contribution in [0.15, 0.2) is 65.1 Å². The van der Waals surface area contributed by atoms with Gasteiger partial charge in [0, 0.05) is 17.8 Å². The van der Waals surface area contributed by atoms with Crippen molar-refractivity contribution in [1.29, 1.82) is 0 Å². The normalized spacial score (nSPS) is 10.5. The molecule has 0 spiro atoms. The number of carbonyl (C=O) groups is 1. The van der Waals surface area contributed by atoms with Crippen molar-refractivity contribution >= 4 is 27.6 Å². The summed E-state index contributed by atoms with van der Waals surface area (Å²) in [6.07, 6.45) is 0. The summed E-state index contributed by atoms with van der Waals surface area (Å²) in [7, 11) is 1.56. The van der Waals surface area contributed by atoms with Gasteiger partial charge in [0.1, 0.15) is 12.4 Å². The summed E-state index contributed by atoms with van der Waals surface area (Å²) in [5.41, 5.74) is 2.79. The molecule has 0 amide bonds. The number of anilines is 1. The minimum Gasteiger partial charge on any atom is -0.493 e. The van der Waals surface area contributed by atoms with Crippen LogP contribution in [-0.2, 0) is 17.9 Å². The molecule has 0 unspecified atom stereocenters. The summed E-state index contributed by atoms with van der Waals surface area (Å²) in [6.45, 7) is 2.74. The van der Waals surface area contributed by atoms with Crippen molar-refractivity contribution in [3.8, 4) is 11.5 Å². The van der Waals surface area contributed by atoms with Crippen LogP contribution in [0.25, 0.3) is 0 Å². The number of hydrogen-bond acceptors (Lipinski definition) is 5. The van der Waals surface area contributed by atoms with Crippen LogP contribution < -0.4 is 14.8 Å². The third-order valence-electron chi connectivity index (χ3n) is 4.51. The molecule has 0 atom stereocenters. The SMILES string of the molecule is CCOC(=O)c1ccc(NCc2cc(Br)c(OCc3ccccc3F)c(OC)c2)cc1. The third kappa shape index (κ3) is 5.98. The molecule has 0 radical (unpaired) electrons. The van der Waals surface area contributed by atoms with Crippen LogP contribution in [0.1, 0.15) is 28.4 Å². The van der Waals surface area contributed by atoms with E-state index in [4.69, 9.17) is 14.2 Å². The number of hydrogen-bond donors (Lipinski definition) is 1. The number of nitrogens with one attached hydrogen (secondary N) is 1. The predicted molar refractivity (Wildman–Crippen MR) is 121 cm³/mol. The van der Waals surface area contributed by atoms with Crippen molar-refractivity contribution in [3.05, 3.63) is 87.6 Å². The molecule has 0 aliphatic heterocycles. The topological polar surface area (TPSA) is 56.8 Å². The van der Waals surface area contributed by atoms with E-state index in [-0.39, 0.29) is 18.4 Å². The van der Waals surface area contributed by atoms with Crippen LogP contribution >= 0.6 is 15.9 Å². The molecule has 0 bridgehead atoms. The van der Waals surface area contributed by atoms with Crippen LogP contribution in [0.3, 0.4) is 0 Å². The molecule has 5 nitrogen and oxygen atoms in total. The summed E-state index contributed by atoms with van der Waals surface area (Å²) < 4.78 is 30.8. The van der Waals surface area contributed by atoms with E-state index in [9.17, 15) is 9.18 Å². The fraction of sp³-hybridized carbons (Fsp3) is 0.208. The van der Waals surface area contributed by atoms with E-state index in [2.05, 4.69) is 21.2 Å². The monoisotopic (exact) mass is 487 g/mol. The van der Waals surface area contributed by atoms with Crippen molar-refractivity contribution in [2.45, 2.75) is 20.1 Å². The first-order valence-corrected chi connectivity index (χ1v) is 10.5. The van der Waals surface area contributed by atoms with Crippen LogP contribution in [0.5, 0.6) is 11.5 Å². The van der Waals surface area contributed by atoms with E-state index in [1.807, 2.05) is 24.3 Å². The highest BCUT2D eigenvalue weighted by Crippen LogP contribution is 2.37. The van der Waals surface area contributed by atoms with E-state index in [0.717, 1.165) is 11.3 Å². The molecule has 0 saturated heterocycles. The molecule has 0 aliphatic carbocycles. The fourth-order valence-corrected chi connectivity index (χ4v) is 3.53. The molecular weight excluding hydrogens is 465 g/mol. The largest absolute Gasteiger partial charge is 0.493 e. The van der Waals surface area contributed by atoms with Crippen molar-refractivity contribution < 1.29 is 23.4 Å². The number of ether oxygens (including phenoxy) is 3. The molecule has 7 heteroatoms. The van der Waals surface area contributed by atoms with Gasteiger partial charge in [-0.25, -0.2) is 9.18 Å². The van der Waals surface area contributed by atoms with Gasteiger partial charge in [-0.2, -0.15) is 0 Å². The molecule has 0 heterocycles. The zero-order chi connectivity index (χ0) is 22.2. The van der Waals surface area contributed by atoms with E-state index in [0.29, 0.717) is 40.3 Å². The lowest BCUT2D eigenvalue weighted by molar-refractivity contribution is 0.0526. The zero-order valence-corrected chi connectivity index (χ0v) is 18.9. The Bertz CT molecular complexity index is 1040.